The molecule has 3 atom stereocenters. The first-order valence-electron chi connectivity index (χ1n) is 9.08. The zero-order chi connectivity index (χ0) is 19.8. The summed E-state index contributed by atoms with van der Waals surface area (Å²) >= 11 is 0. The molecule has 0 aromatic heterocycles. The SMILES string of the molecule is C[C@@H](C(=O)OCC(=O)c1ccc2c(c1)OCO2)N1C(=O)[C@H]2CC=CC[C@H]2C1=O. The summed E-state index contributed by atoms with van der Waals surface area (Å²) in [5.41, 5.74) is 0.315. The van der Waals surface area contributed by atoms with Gasteiger partial charge in [0, 0.05) is 5.56 Å². The Hall–Kier alpha value is -3.16. The molecular formula is C20H19NO7. The zero-order valence-corrected chi connectivity index (χ0v) is 15.3. The molecule has 0 N–H and O–H groups in total. The Morgan fingerprint density at radius 2 is 1.75 bits per heavy atom. The number of carbonyl (C=O) groups excluding carboxylic acids is 4. The van der Waals surface area contributed by atoms with Crippen LogP contribution in [0.15, 0.2) is 30.4 Å². The van der Waals surface area contributed by atoms with Crippen molar-refractivity contribution < 1.29 is 33.4 Å². The third kappa shape index (κ3) is 3.04. The van der Waals surface area contributed by atoms with Crippen LogP contribution < -0.4 is 9.47 Å². The van der Waals surface area contributed by atoms with Crippen molar-refractivity contribution >= 4 is 23.6 Å². The molecule has 1 saturated heterocycles. The monoisotopic (exact) mass is 385 g/mol. The molecule has 1 aromatic rings. The van der Waals surface area contributed by atoms with Gasteiger partial charge in [0.05, 0.1) is 11.8 Å². The molecular weight excluding hydrogens is 366 g/mol. The largest absolute Gasteiger partial charge is 0.456 e. The van der Waals surface area contributed by atoms with Crippen molar-refractivity contribution in [3.05, 3.63) is 35.9 Å². The van der Waals surface area contributed by atoms with Crippen molar-refractivity contribution in [2.45, 2.75) is 25.8 Å². The van der Waals surface area contributed by atoms with Gasteiger partial charge in [-0.2, -0.15) is 0 Å². The second-order valence-corrected chi connectivity index (χ2v) is 6.98. The first-order valence-corrected chi connectivity index (χ1v) is 9.08. The minimum atomic E-state index is -1.07. The van der Waals surface area contributed by atoms with Crippen LogP contribution in [-0.2, 0) is 19.1 Å². The molecule has 1 aromatic carbocycles. The molecule has 8 heteroatoms. The molecule has 2 amide bonds. The highest BCUT2D eigenvalue weighted by atomic mass is 16.7. The Labute approximate surface area is 161 Å². The van der Waals surface area contributed by atoms with E-state index in [-0.39, 0.29) is 18.6 Å². The molecule has 0 unspecified atom stereocenters. The van der Waals surface area contributed by atoms with E-state index in [4.69, 9.17) is 14.2 Å². The molecule has 2 heterocycles. The number of nitrogens with zero attached hydrogens (tertiary/aromatic N) is 1. The fourth-order valence-electron chi connectivity index (χ4n) is 3.72. The summed E-state index contributed by atoms with van der Waals surface area (Å²) in [4.78, 5) is 50.7. The maximum atomic E-state index is 12.5. The number of likely N-dealkylation sites (tertiary alicyclic amines) is 1. The summed E-state index contributed by atoms with van der Waals surface area (Å²) in [5.74, 6) is -1.75. The van der Waals surface area contributed by atoms with E-state index in [1.165, 1.54) is 13.0 Å². The number of allylic oxidation sites excluding steroid dienone is 2. The standard InChI is InChI=1S/C20H19NO7/c1-11(21-18(23)13-4-2-3-5-14(13)19(21)24)20(25)26-9-15(22)12-6-7-16-17(8-12)28-10-27-16/h2-3,6-8,11,13-14H,4-5,9-10H2,1H3/t11-,13-,14+/m0/s1. The highest BCUT2D eigenvalue weighted by Gasteiger charge is 2.50. The Morgan fingerprint density at radius 1 is 1.11 bits per heavy atom. The number of benzene rings is 1. The van der Waals surface area contributed by atoms with Crippen molar-refractivity contribution in [1.82, 2.24) is 4.90 Å². The number of amides is 2. The molecule has 0 radical (unpaired) electrons. The summed E-state index contributed by atoms with van der Waals surface area (Å²) in [5, 5.41) is 0. The van der Waals surface area contributed by atoms with Crippen LogP contribution in [0.2, 0.25) is 0 Å². The van der Waals surface area contributed by atoms with E-state index in [0.29, 0.717) is 29.9 Å². The smallest absolute Gasteiger partial charge is 0.329 e. The van der Waals surface area contributed by atoms with Crippen LogP contribution in [0.1, 0.15) is 30.1 Å². The van der Waals surface area contributed by atoms with E-state index < -0.39 is 36.2 Å². The molecule has 4 rings (SSSR count). The second kappa shape index (κ2) is 7.10. The summed E-state index contributed by atoms with van der Waals surface area (Å²) in [6.45, 7) is 1.04. The van der Waals surface area contributed by atoms with Crippen LogP contribution in [0.4, 0.5) is 0 Å². The van der Waals surface area contributed by atoms with Gasteiger partial charge in [0.2, 0.25) is 18.6 Å². The number of carbonyl (C=O) groups is 4. The third-order valence-electron chi connectivity index (χ3n) is 5.31. The van der Waals surface area contributed by atoms with Gasteiger partial charge in [-0.25, -0.2) is 4.79 Å². The van der Waals surface area contributed by atoms with E-state index in [0.717, 1.165) is 4.90 Å². The van der Waals surface area contributed by atoms with Crippen molar-refractivity contribution in [3.8, 4) is 11.5 Å². The predicted octanol–water partition coefficient (Wildman–Crippen LogP) is 1.48. The minimum absolute atomic E-state index is 0.0921. The van der Waals surface area contributed by atoms with Crippen LogP contribution in [0.5, 0.6) is 11.5 Å². The maximum absolute atomic E-state index is 12.5. The van der Waals surface area contributed by atoms with E-state index in [1.807, 2.05) is 12.2 Å². The Balaban J connectivity index is 1.38. The van der Waals surface area contributed by atoms with Crippen LogP contribution in [-0.4, -0.2) is 47.9 Å². The van der Waals surface area contributed by atoms with Crippen LogP contribution >= 0.6 is 0 Å². The molecule has 2 aliphatic heterocycles. The number of ketones is 1. The van der Waals surface area contributed by atoms with Gasteiger partial charge in [0.25, 0.3) is 0 Å². The third-order valence-corrected chi connectivity index (χ3v) is 5.31. The van der Waals surface area contributed by atoms with Crippen molar-refractivity contribution in [2.75, 3.05) is 13.4 Å². The average molecular weight is 385 g/mol. The van der Waals surface area contributed by atoms with Crippen LogP contribution in [0.3, 0.4) is 0 Å². The highest BCUT2D eigenvalue weighted by Crippen LogP contribution is 2.36. The topological polar surface area (TPSA) is 99.2 Å². The first-order chi connectivity index (χ1) is 13.5. The molecule has 28 heavy (non-hydrogen) atoms. The van der Waals surface area contributed by atoms with E-state index in [9.17, 15) is 19.2 Å². The van der Waals surface area contributed by atoms with E-state index in [1.54, 1.807) is 12.1 Å². The number of Topliss-reactive ketones (excluding diaryl/α,β-unsaturated/α-hetero) is 1. The van der Waals surface area contributed by atoms with Gasteiger partial charge in [-0.3, -0.25) is 19.3 Å². The summed E-state index contributed by atoms with van der Waals surface area (Å²) in [7, 11) is 0. The Morgan fingerprint density at radius 3 is 2.43 bits per heavy atom. The fraction of sp³-hybridized carbons (Fsp3) is 0.400. The normalized spacial score (nSPS) is 23.5. The Kier molecular flexibility index (Phi) is 4.62. The number of hydrogen-bond acceptors (Lipinski definition) is 7. The average Bonchev–Trinajstić information content (AvgIpc) is 3.28. The highest BCUT2D eigenvalue weighted by molar-refractivity contribution is 6.08. The zero-order valence-electron chi connectivity index (χ0n) is 15.3. The molecule has 3 aliphatic rings. The van der Waals surface area contributed by atoms with Gasteiger partial charge in [-0.05, 0) is 38.0 Å². The van der Waals surface area contributed by atoms with Crippen LogP contribution in [0, 0.1) is 11.8 Å². The fourth-order valence-corrected chi connectivity index (χ4v) is 3.72. The number of hydrogen-bond donors (Lipinski definition) is 0. The molecule has 0 bridgehead atoms. The second-order valence-electron chi connectivity index (χ2n) is 6.98. The number of rotatable bonds is 5. The molecule has 0 spiro atoms. The Bertz CT molecular complexity index is 865. The van der Waals surface area contributed by atoms with E-state index >= 15 is 0 Å². The lowest BCUT2D eigenvalue weighted by Gasteiger charge is -2.21. The van der Waals surface area contributed by atoms with E-state index in [2.05, 4.69) is 0 Å². The molecule has 1 fully saturated rings. The van der Waals surface area contributed by atoms with Crippen molar-refractivity contribution in [1.29, 1.82) is 0 Å². The minimum Gasteiger partial charge on any atom is -0.456 e. The van der Waals surface area contributed by atoms with Gasteiger partial charge in [-0.1, -0.05) is 12.2 Å². The molecule has 8 nitrogen and oxygen atoms in total. The van der Waals surface area contributed by atoms with Crippen molar-refractivity contribution in [2.24, 2.45) is 11.8 Å². The van der Waals surface area contributed by atoms with Gasteiger partial charge in [0.1, 0.15) is 6.04 Å². The van der Waals surface area contributed by atoms with Crippen molar-refractivity contribution in [3.63, 3.8) is 0 Å². The van der Waals surface area contributed by atoms with Gasteiger partial charge >= 0.3 is 5.97 Å². The number of esters is 1. The quantitative estimate of drug-likeness (QED) is 0.328. The molecule has 1 aliphatic carbocycles. The summed E-state index contributed by atoms with van der Waals surface area (Å²) in [6, 6.07) is 3.61. The lowest BCUT2D eigenvalue weighted by atomic mass is 9.85. The number of ether oxygens (including phenoxy) is 3. The predicted molar refractivity (Wildman–Crippen MR) is 94.5 cm³/mol. The maximum Gasteiger partial charge on any atom is 0.329 e. The summed E-state index contributed by atoms with van der Waals surface area (Å²) < 4.78 is 15.5. The van der Waals surface area contributed by atoms with Gasteiger partial charge < -0.3 is 14.2 Å². The first kappa shape index (κ1) is 18.2. The van der Waals surface area contributed by atoms with Crippen LogP contribution in [0.25, 0.3) is 0 Å². The summed E-state index contributed by atoms with van der Waals surface area (Å²) in [6.07, 6.45) is 4.75. The number of imide groups is 1. The lowest BCUT2D eigenvalue weighted by Crippen LogP contribution is -2.44. The molecule has 146 valence electrons. The van der Waals surface area contributed by atoms with Gasteiger partial charge in [0.15, 0.2) is 23.9 Å². The number of fused-ring (bicyclic) bond motifs is 2. The molecule has 0 saturated carbocycles. The lowest BCUT2D eigenvalue weighted by molar-refractivity contribution is -0.157. The van der Waals surface area contributed by atoms with Gasteiger partial charge in [-0.15, -0.1) is 0 Å².